The van der Waals surface area contributed by atoms with Crippen molar-refractivity contribution in [3.8, 4) is 11.3 Å². The highest BCUT2D eigenvalue weighted by atomic mass is 16.5. The van der Waals surface area contributed by atoms with E-state index in [2.05, 4.69) is 18.7 Å². The fourth-order valence-electron chi connectivity index (χ4n) is 4.44. The van der Waals surface area contributed by atoms with Crippen LogP contribution in [0.3, 0.4) is 0 Å². The minimum absolute atomic E-state index is 0.0254. The summed E-state index contributed by atoms with van der Waals surface area (Å²) < 4.78 is 5.47. The molecule has 2 N–H and O–H groups in total. The SMILES string of the molecule is CC1CN(Cc2ccc(C(=O)NO)cc2)CC(C)N1C(=O)c1cccc(-c2ccco2)c1. The van der Waals surface area contributed by atoms with Crippen molar-refractivity contribution in [3.63, 3.8) is 0 Å². The molecule has 1 aliphatic heterocycles. The molecule has 2 heterocycles. The van der Waals surface area contributed by atoms with Crippen LogP contribution in [-0.2, 0) is 6.54 Å². The van der Waals surface area contributed by atoms with Crippen LogP contribution < -0.4 is 5.48 Å². The van der Waals surface area contributed by atoms with E-state index in [1.807, 2.05) is 53.4 Å². The first-order valence-corrected chi connectivity index (χ1v) is 10.7. The van der Waals surface area contributed by atoms with Crippen molar-refractivity contribution in [3.05, 3.63) is 83.6 Å². The smallest absolute Gasteiger partial charge is 0.274 e. The highest BCUT2D eigenvalue weighted by molar-refractivity contribution is 5.96. The molecule has 7 heteroatoms. The lowest BCUT2D eigenvalue weighted by molar-refractivity contribution is 0.0268. The molecule has 0 bridgehead atoms. The van der Waals surface area contributed by atoms with Crippen LogP contribution in [0.2, 0.25) is 0 Å². The van der Waals surface area contributed by atoms with Crippen LogP contribution in [0.1, 0.15) is 40.1 Å². The summed E-state index contributed by atoms with van der Waals surface area (Å²) in [6, 6.07) is 18.6. The van der Waals surface area contributed by atoms with Gasteiger partial charge in [0.25, 0.3) is 11.8 Å². The molecular weight excluding hydrogens is 406 g/mol. The van der Waals surface area contributed by atoms with Crippen LogP contribution >= 0.6 is 0 Å². The van der Waals surface area contributed by atoms with Crippen molar-refractivity contribution in [2.45, 2.75) is 32.5 Å². The molecule has 2 amide bonds. The summed E-state index contributed by atoms with van der Waals surface area (Å²) in [5.74, 6) is 0.243. The highest BCUT2D eigenvalue weighted by Gasteiger charge is 2.33. The zero-order valence-electron chi connectivity index (χ0n) is 18.2. The van der Waals surface area contributed by atoms with Gasteiger partial charge >= 0.3 is 0 Å². The molecule has 1 aliphatic rings. The van der Waals surface area contributed by atoms with Crippen LogP contribution in [0.15, 0.2) is 71.3 Å². The Kier molecular flexibility index (Phi) is 6.39. The molecule has 7 nitrogen and oxygen atoms in total. The summed E-state index contributed by atoms with van der Waals surface area (Å²) in [4.78, 5) is 29.1. The van der Waals surface area contributed by atoms with Gasteiger partial charge in [-0.15, -0.1) is 0 Å². The molecule has 1 fully saturated rings. The molecule has 0 saturated carbocycles. The lowest BCUT2D eigenvalue weighted by atomic mass is 10.0. The quantitative estimate of drug-likeness (QED) is 0.472. The van der Waals surface area contributed by atoms with E-state index < -0.39 is 5.91 Å². The summed E-state index contributed by atoms with van der Waals surface area (Å²) in [5.41, 5.74) is 4.67. The van der Waals surface area contributed by atoms with Gasteiger partial charge in [-0.1, -0.05) is 24.3 Å². The molecule has 0 spiro atoms. The second kappa shape index (κ2) is 9.38. The first-order valence-electron chi connectivity index (χ1n) is 10.7. The van der Waals surface area contributed by atoms with Crippen LogP contribution in [0.4, 0.5) is 0 Å². The lowest BCUT2D eigenvalue weighted by Gasteiger charge is -2.44. The average molecular weight is 434 g/mol. The van der Waals surface area contributed by atoms with E-state index in [-0.39, 0.29) is 18.0 Å². The second-order valence-corrected chi connectivity index (χ2v) is 8.30. The number of hydrogen-bond acceptors (Lipinski definition) is 5. The number of hydroxylamine groups is 1. The Morgan fingerprint density at radius 2 is 1.72 bits per heavy atom. The largest absolute Gasteiger partial charge is 0.464 e. The maximum Gasteiger partial charge on any atom is 0.274 e. The molecular formula is C25H27N3O4. The number of carbonyl (C=O) groups is 2. The Hall–Kier alpha value is -3.42. The molecule has 2 atom stereocenters. The Morgan fingerprint density at radius 1 is 1.00 bits per heavy atom. The fourth-order valence-corrected chi connectivity index (χ4v) is 4.44. The van der Waals surface area contributed by atoms with Crippen molar-refractivity contribution >= 4 is 11.8 Å². The van der Waals surface area contributed by atoms with E-state index >= 15 is 0 Å². The van der Waals surface area contributed by atoms with Crippen molar-refractivity contribution in [2.75, 3.05) is 13.1 Å². The van der Waals surface area contributed by atoms with Crippen LogP contribution in [0, 0.1) is 0 Å². The standard InChI is InChI=1S/C25H27N3O4/c1-17-14-27(16-19-8-10-20(11-9-19)24(29)26-31)15-18(2)28(17)25(30)22-6-3-5-21(13-22)23-7-4-12-32-23/h3-13,17-18,31H,14-16H2,1-2H3,(H,26,29). The normalized spacial score (nSPS) is 19.0. The third-order valence-corrected chi connectivity index (χ3v) is 5.87. The summed E-state index contributed by atoms with van der Waals surface area (Å²) in [6.45, 7) is 6.39. The number of nitrogens with one attached hydrogen (secondary N) is 1. The number of hydrogen-bond donors (Lipinski definition) is 2. The monoisotopic (exact) mass is 433 g/mol. The van der Waals surface area contributed by atoms with Crippen LogP contribution in [0.5, 0.6) is 0 Å². The van der Waals surface area contributed by atoms with Crippen molar-refractivity contribution < 1.29 is 19.2 Å². The van der Waals surface area contributed by atoms with Crippen LogP contribution in [-0.4, -0.2) is 52.0 Å². The summed E-state index contributed by atoms with van der Waals surface area (Å²) >= 11 is 0. The van der Waals surface area contributed by atoms with E-state index in [1.165, 1.54) is 0 Å². The number of amides is 2. The van der Waals surface area contributed by atoms with Gasteiger partial charge in [0.15, 0.2) is 0 Å². The van der Waals surface area contributed by atoms with Gasteiger partial charge in [-0.25, -0.2) is 5.48 Å². The summed E-state index contributed by atoms with van der Waals surface area (Å²) in [7, 11) is 0. The Labute approximate surface area is 187 Å². The average Bonchev–Trinajstić information content (AvgIpc) is 3.34. The van der Waals surface area contributed by atoms with Crippen LogP contribution in [0.25, 0.3) is 11.3 Å². The van der Waals surface area contributed by atoms with Crippen molar-refractivity contribution in [1.82, 2.24) is 15.3 Å². The number of rotatable bonds is 5. The molecule has 166 valence electrons. The number of piperazine rings is 1. The van der Waals surface area contributed by atoms with Crippen molar-refractivity contribution in [2.24, 2.45) is 0 Å². The Bertz CT molecular complexity index is 1070. The first-order chi connectivity index (χ1) is 15.5. The van der Waals surface area contributed by atoms with Gasteiger partial charge in [0.05, 0.1) is 6.26 Å². The van der Waals surface area contributed by atoms with Gasteiger partial charge in [-0.2, -0.15) is 0 Å². The third-order valence-electron chi connectivity index (χ3n) is 5.87. The third kappa shape index (κ3) is 4.59. The van der Waals surface area contributed by atoms with Gasteiger partial charge in [0.1, 0.15) is 5.76 Å². The molecule has 4 rings (SSSR count). The van der Waals surface area contributed by atoms with Gasteiger partial charge in [0.2, 0.25) is 0 Å². The topological polar surface area (TPSA) is 86.0 Å². The second-order valence-electron chi connectivity index (χ2n) is 8.30. The zero-order chi connectivity index (χ0) is 22.7. The molecule has 1 saturated heterocycles. The van der Waals surface area contributed by atoms with Gasteiger partial charge in [-0.3, -0.25) is 19.7 Å². The van der Waals surface area contributed by atoms with E-state index in [0.29, 0.717) is 11.1 Å². The van der Waals surface area contributed by atoms with E-state index in [9.17, 15) is 9.59 Å². The Morgan fingerprint density at radius 3 is 2.34 bits per heavy atom. The molecule has 1 aromatic heterocycles. The van der Waals surface area contributed by atoms with E-state index in [0.717, 1.165) is 36.5 Å². The van der Waals surface area contributed by atoms with E-state index in [1.54, 1.807) is 23.9 Å². The predicted molar refractivity (Wildman–Crippen MR) is 120 cm³/mol. The first kappa shape index (κ1) is 21.8. The molecule has 2 aromatic carbocycles. The number of carbonyl (C=O) groups excluding carboxylic acids is 2. The molecule has 0 radical (unpaired) electrons. The fraction of sp³-hybridized carbons (Fsp3) is 0.280. The lowest BCUT2D eigenvalue weighted by Crippen LogP contribution is -2.58. The Balaban J connectivity index is 1.43. The summed E-state index contributed by atoms with van der Waals surface area (Å²) in [5, 5.41) is 8.75. The van der Waals surface area contributed by atoms with Gasteiger partial charge < -0.3 is 9.32 Å². The number of furan rings is 1. The number of benzene rings is 2. The molecule has 0 aliphatic carbocycles. The molecule has 32 heavy (non-hydrogen) atoms. The maximum absolute atomic E-state index is 13.4. The predicted octanol–water partition coefficient (Wildman–Crippen LogP) is 3.80. The minimum Gasteiger partial charge on any atom is -0.464 e. The van der Waals surface area contributed by atoms with Crippen molar-refractivity contribution in [1.29, 1.82) is 0 Å². The molecule has 3 aromatic rings. The maximum atomic E-state index is 13.4. The van der Waals surface area contributed by atoms with Gasteiger partial charge in [-0.05, 0) is 55.8 Å². The minimum atomic E-state index is -0.526. The summed E-state index contributed by atoms with van der Waals surface area (Å²) in [6.07, 6.45) is 1.63. The number of nitrogens with zero attached hydrogens (tertiary/aromatic N) is 2. The zero-order valence-corrected chi connectivity index (χ0v) is 18.2. The van der Waals surface area contributed by atoms with Gasteiger partial charge in [0, 0.05) is 48.4 Å². The van der Waals surface area contributed by atoms with E-state index in [4.69, 9.17) is 9.62 Å². The highest BCUT2D eigenvalue weighted by Crippen LogP contribution is 2.24. The molecule has 2 unspecified atom stereocenters.